The number of nitrogens with zero attached hydrogens (tertiary/aromatic N) is 1. The van der Waals surface area contributed by atoms with E-state index >= 15 is 0 Å². The molecule has 0 radical (unpaired) electrons. The van der Waals surface area contributed by atoms with Crippen molar-refractivity contribution >= 4 is 6.09 Å². The van der Waals surface area contributed by atoms with Gasteiger partial charge in [-0.2, -0.15) is 0 Å². The van der Waals surface area contributed by atoms with E-state index in [9.17, 15) is 4.79 Å². The highest BCUT2D eigenvalue weighted by Crippen LogP contribution is 2.32. The number of carbonyl (C=O) groups excluding carboxylic acids is 1. The number of carbonyl (C=O) groups is 1. The Labute approximate surface area is 123 Å². The van der Waals surface area contributed by atoms with E-state index in [2.05, 4.69) is 0 Å². The van der Waals surface area contributed by atoms with Crippen molar-refractivity contribution in [3.05, 3.63) is 0 Å². The molecule has 4 nitrogen and oxygen atoms in total. The van der Waals surface area contributed by atoms with Gasteiger partial charge in [0.05, 0.1) is 0 Å². The highest BCUT2D eigenvalue weighted by molar-refractivity contribution is 5.67. The summed E-state index contributed by atoms with van der Waals surface area (Å²) in [6.45, 7) is 6.75. The third-order valence-corrected chi connectivity index (χ3v) is 4.08. The number of ether oxygens (including phenoxy) is 1. The smallest absolute Gasteiger partial charge is 0.410 e. The van der Waals surface area contributed by atoms with Gasteiger partial charge in [-0.1, -0.05) is 25.7 Å². The van der Waals surface area contributed by atoms with Gasteiger partial charge >= 0.3 is 6.09 Å². The van der Waals surface area contributed by atoms with Gasteiger partial charge in [-0.3, -0.25) is 0 Å². The van der Waals surface area contributed by atoms with Crippen LogP contribution in [-0.4, -0.2) is 41.9 Å². The summed E-state index contributed by atoms with van der Waals surface area (Å²) in [5, 5.41) is 8.96. The zero-order valence-electron chi connectivity index (χ0n) is 13.5. The zero-order chi connectivity index (χ0) is 15.2. The molecule has 4 heteroatoms. The van der Waals surface area contributed by atoms with Crippen molar-refractivity contribution in [2.24, 2.45) is 11.8 Å². The lowest BCUT2D eigenvalue weighted by molar-refractivity contribution is 0.0285. The van der Waals surface area contributed by atoms with Crippen molar-refractivity contribution < 1.29 is 14.6 Å². The normalized spacial score (nSPS) is 23.4. The second-order valence-electron chi connectivity index (χ2n) is 7.09. The first kappa shape index (κ1) is 17.3. The number of amides is 1. The van der Waals surface area contributed by atoms with Crippen LogP contribution in [-0.2, 0) is 4.74 Å². The van der Waals surface area contributed by atoms with Gasteiger partial charge < -0.3 is 14.7 Å². The predicted molar refractivity (Wildman–Crippen MR) is 80.6 cm³/mol. The molecule has 1 amide bonds. The average molecular weight is 285 g/mol. The lowest BCUT2D eigenvalue weighted by Crippen LogP contribution is -2.35. The van der Waals surface area contributed by atoms with E-state index in [1.54, 1.807) is 4.90 Å². The third-order valence-electron chi connectivity index (χ3n) is 4.08. The van der Waals surface area contributed by atoms with Crippen LogP contribution in [0.3, 0.4) is 0 Å². The molecule has 0 aromatic rings. The predicted octanol–water partition coefficient (Wildman–Crippen LogP) is 3.43. The van der Waals surface area contributed by atoms with E-state index in [-0.39, 0.29) is 6.09 Å². The SMILES string of the molecule is CN(CCC1CCC(CCO)CC1)C(=O)OC(C)(C)C. The number of aliphatic hydroxyl groups excluding tert-OH is 1. The molecule has 1 rings (SSSR count). The molecule has 1 fully saturated rings. The van der Waals surface area contributed by atoms with Gasteiger partial charge in [-0.15, -0.1) is 0 Å². The number of hydrogen-bond donors (Lipinski definition) is 1. The minimum Gasteiger partial charge on any atom is -0.444 e. The van der Waals surface area contributed by atoms with Crippen LogP contribution in [0.4, 0.5) is 4.79 Å². The van der Waals surface area contributed by atoms with Gasteiger partial charge in [-0.25, -0.2) is 4.79 Å². The summed E-state index contributed by atoms with van der Waals surface area (Å²) in [4.78, 5) is 13.5. The van der Waals surface area contributed by atoms with Gasteiger partial charge in [0.1, 0.15) is 5.60 Å². The molecule has 0 spiro atoms. The Balaban J connectivity index is 2.22. The average Bonchev–Trinajstić information content (AvgIpc) is 2.36. The van der Waals surface area contributed by atoms with Crippen molar-refractivity contribution in [1.82, 2.24) is 4.90 Å². The van der Waals surface area contributed by atoms with Crippen LogP contribution in [0.5, 0.6) is 0 Å². The summed E-state index contributed by atoms with van der Waals surface area (Å²) >= 11 is 0. The largest absolute Gasteiger partial charge is 0.444 e. The van der Waals surface area contributed by atoms with Crippen molar-refractivity contribution in [2.75, 3.05) is 20.2 Å². The summed E-state index contributed by atoms with van der Waals surface area (Å²) < 4.78 is 5.35. The monoisotopic (exact) mass is 285 g/mol. The third kappa shape index (κ3) is 6.60. The lowest BCUT2D eigenvalue weighted by Gasteiger charge is -2.30. The van der Waals surface area contributed by atoms with Crippen LogP contribution in [0, 0.1) is 11.8 Å². The van der Waals surface area contributed by atoms with E-state index in [0.29, 0.717) is 12.5 Å². The fourth-order valence-electron chi connectivity index (χ4n) is 2.80. The maximum absolute atomic E-state index is 11.8. The van der Waals surface area contributed by atoms with Crippen molar-refractivity contribution in [2.45, 2.75) is 64.9 Å². The maximum Gasteiger partial charge on any atom is 0.410 e. The first-order valence-corrected chi connectivity index (χ1v) is 7.87. The second-order valence-corrected chi connectivity index (χ2v) is 7.09. The summed E-state index contributed by atoms with van der Waals surface area (Å²) in [7, 11) is 1.81. The summed E-state index contributed by atoms with van der Waals surface area (Å²) in [6.07, 6.45) is 6.68. The fraction of sp³-hybridized carbons (Fsp3) is 0.938. The van der Waals surface area contributed by atoms with Crippen LogP contribution >= 0.6 is 0 Å². The molecule has 0 bridgehead atoms. The molecule has 0 aliphatic heterocycles. The minimum atomic E-state index is -0.423. The van der Waals surface area contributed by atoms with Gasteiger partial charge in [0.2, 0.25) is 0 Å². The van der Waals surface area contributed by atoms with E-state index in [1.165, 1.54) is 25.7 Å². The number of aliphatic hydroxyl groups is 1. The Hall–Kier alpha value is -0.770. The van der Waals surface area contributed by atoms with Crippen LogP contribution in [0.15, 0.2) is 0 Å². The van der Waals surface area contributed by atoms with Gasteiger partial charge in [0.15, 0.2) is 0 Å². The molecule has 0 aromatic heterocycles. The first-order valence-electron chi connectivity index (χ1n) is 7.87. The second kappa shape index (κ2) is 7.87. The maximum atomic E-state index is 11.8. The molecule has 1 aliphatic carbocycles. The summed E-state index contributed by atoms with van der Waals surface area (Å²) in [5.41, 5.74) is -0.423. The Kier molecular flexibility index (Phi) is 6.80. The highest BCUT2D eigenvalue weighted by Gasteiger charge is 2.23. The van der Waals surface area contributed by atoms with Crippen LogP contribution in [0.1, 0.15) is 59.3 Å². The molecule has 0 heterocycles. The molecule has 0 aromatic carbocycles. The van der Waals surface area contributed by atoms with E-state index in [4.69, 9.17) is 9.84 Å². The number of rotatable bonds is 5. The van der Waals surface area contributed by atoms with Gasteiger partial charge in [0, 0.05) is 20.2 Å². The molecule has 1 aliphatic rings. The van der Waals surface area contributed by atoms with Crippen LogP contribution in [0.2, 0.25) is 0 Å². The fourth-order valence-corrected chi connectivity index (χ4v) is 2.80. The Morgan fingerprint density at radius 3 is 2.10 bits per heavy atom. The summed E-state index contributed by atoms with van der Waals surface area (Å²) in [6, 6.07) is 0. The summed E-state index contributed by atoms with van der Waals surface area (Å²) in [5.74, 6) is 1.43. The minimum absolute atomic E-state index is 0.230. The molecule has 1 saturated carbocycles. The Morgan fingerprint density at radius 1 is 1.15 bits per heavy atom. The molecular weight excluding hydrogens is 254 g/mol. The number of hydrogen-bond acceptors (Lipinski definition) is 3. The van der Waals surface area contributed by atoms with Crippen molar-refractivity contribution in [3.8, 4) is 0 Å². The molecular formula is C16H31NO3. The van der Waals surface area contributed by atoms with Crippen molar-refractivity contribution in [3.63, 3.8) is 0 Å². The van der Waals surface area contributed by atoms with Crippen LogP contribution < -0.4 is 0 Å². The standard InChI is InChI=1S/C16H31NO3/c1-16(2,3)20-15(19)17(4)11-9-13-5-7-14(8-6-13)10-12-18/h13-14,18H,5-12H2,1-4H3. The Morgan fingerprint density at radius 2 is 1.65 bits per heavy atom. The zero-order valence-corrected chi connectivity index (χ0v) is 13.5. The van der Waals surface area contributed by atoms with Gasteiger partial charge in [-0.05, 0) is 45.4 Å². The van der Waals surface area contributed by atoms with E-state index < -0.39 is 5.60 Å². The topological polar surface area (TPSA) is 49.8 Å². The molecule has 1 N–H and O–H groups in total. The molecule has 118 valence electrons. The van der Waals surface area contributed by atoms with E-state index in [1.807, 2.05) is 27.8 Å². The lowest BCUT2D eigenvalue weighted by atomic mass is 9.79. The quantitative estimate of drug-likeness (QED) is 0.842. The van der Waals surface area contributed by atoms with Gasteiger partial charge in [0.25, 0.3) is 0 Å². The molecule has 0 unspecified atom stereocenters. The molecule has 20 heavy (non-hydrogen) atoms. The first-order chi connectivity index (χ1) is 9.31. The Bertz CT molecular complexity index is 291. The van der Waals surface area contributed by atoms with Crippen LogP contribution in [0.25, 0.3) is 0 Å². The molecule has 0 saturated heterocycles. The highest BCUT2D eigenvalue weighted by atomic mass is 16.6. The molecule has 0 atom stereocenters. The van der Waals surface area contributed by atoms with Crippen molar-refractivity contribution in [1.29, 1.82) is 0 Å². The van der Waals surface area contributed by atoms with E-state index in [0.717, 1.165) is 25.3 Å².